The molecular formula is C22H24N4O2S. The molecule has 3 aromatic rings. The number of aromatic nitrogens is 2. The van der Waals surface area contributed by atoms with Crippen LogP contribution in [-0.4, -0.2) is 39.8 Å². The Kier molecular flexibility index (Phi) is 5.49. The van der Waals surface area contributed by atoms with Crippen molar-refractivity contribution in [3.63, 3.8) is 0 Å². The van der Waals surface area contributed by atoms with Crippen molar-refractivity contribution in [2.75, 3.05) is 18.4 Å². The predicted octanol–water partition coefficient (Wildman–Crippen LogP) is 4.25. The fraction of sp³-hybridized carbons (Fsp3) is 0.318. The van der Waals surface area contributed by atoms with Gasteiger partial charge in [-0.1, -0.05) is 12.1 Å². The van der Waals surface area contributed by atoms with Crippen LogP contribution in [0.15, 0.2) is 41.2 Å². The Bertz CT molecular complexity index is 1010. The first-order valence-electron chi connectivity index (χ1n) is 9.76. The van der Waals surface area contributed by atoms with Crippen molar-refractivity contribution >= 4 is 28.8 Å². The molecule has 2 aromatic heterocycles. The first kappa shape index (κ1) is 19.4. The van der Waals surface area contributed by atoms with Gasteiger partial charge in [0.25, 0.3) is 5.91 Å². The van der Waals surface area contributed by atoms with Gasteiger partial charge in [-0.25, -0.2) is 4.98 Å². The number of carbonyl (C=O) groups is 2. The Morgan fingerprint density at radius 3 is 2.69 bits per heavy atom. The van der Waals surface area contributed by atoms with Gasteiger partial charge in [-0.3, -0.25) is 9.59 Å². The van der Waals surface area contributed by atoms with E-state index < -0.39 is 0 Å². The second-order valence-corrected chi connectivity index (χ2v) is 8.26. The summed E-state index contributed by atoms with van der Waals surface area (Å²) in [5.74, 6) is -0.272. The summed E-state index contributed by atoms with van der Waals surface area (Å²) in [4.78, 5) is 34.9. The van der Waals surface area contributed by atoms with Crippen LogP contribution in [0.4, 0.5) is 5.69 Å². The summed E-state index contributed by atoms with van der Waals surface area (Å²) in [7, 11) is 0. The van der Waals surface area contributed by atoms with E-state index in [9.17, 15) is 9.59 Å². The van der Waals surface area contributed by atoms with E-state index >= 15 is 0 Å². The minimum Gasteiger partial charge on any atom is -0.354 e. The van der Waals surface area contributed by atoms with E-state index in [1.807, 2.05) is 49.6 Å². The fourth-order valence-electron chi connectivity index (χ4n) is 3.81. The van der Waals surface area contributed by atoms with Gasteiger partial charge in [0.1, 0.15) is 5.69 Å². The molecule has 0 saturated carbocycles. The van der Waals surface area contributed by atoms with Crippen LogP contribution >= 0.6 is 11.3 Å². The largest absolute Gasteiger partial charge is 0.354 e. The molecule has 6 nitrogen and oxygen atoms in total. The van der Waals surface area contributed by atoms with Crippen molar-refractivity contribution in [2.24, 2.45) is 5.92 Å². The number of piperidine rings is 1. The van der Waals surface area contributed by atoms with Crippen LogP contribution in [0.5, 0.6) is 0 Å². The lowest BCUT2D eigenvalue weighted by Crippen LogP contribution is -2.44. The topological polar surface area (TPSA) is 78.1 Å². The lowest BCUT2D eigenvalue weighted by Gasteiger charge is -2.32. The molecule has 1 aromatic carbocycles. The fourth-order valence-corrected chi connectivity index (χ4v) is 4.37. The van der Waals surface area contributed by atoms with Gasteiger partial charge in [0.05, 0.1) is 17.1 Å². The number of nitrogens with zero attached hydrogens (tertiary/aromatic N) is 2. The molecule has 29 heavy (non-hydrogen) atoms. The zero-order valence-electron chi connectivity index (χ0n) is 16.6. The Labute approximate surface area is 174 Å². The number of rotatable bonds is 4. The number of amides is 2. The molecule has 0 bridgehead atoms. The van der Waals surface area contributed by atoms with Crippen LogP contribution in [0.2, 0.25) is 0 Å². The number of hydrogen-bond acceptors (Lipinski definition) is 4. The molecule has 7 heteroatoms. The molecule has 1 atom stereocenters. The SMILES string of the molecule is Cc1cc(C)c(C(=O)N2CCCC(C(=O)Nc3ccc(-c4cscn4)cc3)C2)[nH]1. The average molecular weight is 409 g/mol. The number of aromatic amines is 1. The lowest BCUT2D eigenvalue weighted by atomic mass is 9.96. The minimum absolute atomic E-state index is 0.0271. The highest BCUT2D eigenvalue weighted by Gasteiger charge is 2.30. The molecule has 2 N–H and O–H groups in total. The Morgan fingerprint density at radius 1 is 1.24 bits per heavy atom. The molecule has 1 saturated heterocycles. The van der Waals surface area contributed by atoms with Crippen molar-refractivity contribution in [1.29, 1.82) is 0 Å². The summed E-state index contributed by atoms with van der Waals surface area (Å²) in [6.45, 7) is 5.00. The molecular weight excluding hydrogens is 384 g/mol. The maximum absolute atomic E-state index is 12.9. The van der Waals surface area contributed by atoms with Crippen molar-refractivity contribution in [1.82, 2.24) is 14.9 Å². The van der Waals surface area contributed by atoms with Gasteiger partial charge in [0.15, 0.2) is 0 Å². The predicted molar refractivity (Wildman–Crippen MR) is 115 cm³/mol. The van der Waals surface area contributed by atoms with E-state index in [0.717, 1.165) is 41.0 Å². The first-order valence-corrected chi connectivity index (χ1v) is 10.7. The van der Waals surface area contributed by atoms with E-state index in [0.29, 0.717) is 18.8 Å². The van der Waals surface area contributed by atoms with Crippen LogP contribution in [0, 0.1) is 19.8 Å². The second-order valence-electron chi connectivity index (χ2n) is 7.54. The number of carbonyl (C=O) groups excluding carboxylic acids is 2. The first-order chi connectivity index (χ1) is 14.0. The van der Waals surface area contributed by atoms with Gasteiger partial charge >= 0.3 is 0 Å². The van der Waals surface area contributed by atoms with Crippen molar-refractivity contribution < 1.29 is 9.59 Å². The third-order valence-electron chi connectivity index (χ3n) is 5.32. The van der Waals surface area contributed by atoms with Crippen molar-refractivity contribution in [2.45, 2.75) is 26.7 Å². The summed E-state index contributed by atoms with van der Waals surface area (Å²) in [6.07, 6.45) is 1.61. The number of likely N-dealkylation sites (tertiary alicyclic amines) is 1. The van der Waals surface area contributed by atoms with Crippen molar-refractivity contribution in [3.8, 4) is 11.3 Å². The number of hydrogen-bond donors (Lipinski definition) is 2. The van der Waals surface area contributed by atoms with Gasteiger partial charge < -0.3 is 15.2 Å². The Hall–Kier alpha value is -2.93. The minimum atomic E-state index is -0.206. The maximum Gasteiger partial charge on any atom is 0.270 e. The molecule has 3 heterocycles. The highest BCUT2D eigenvalue weighted by atomic mass is 32.1. The zero-order chi connectivity index (χ0) is 20.4. The second kappa shape index (κ2) is 8.21. The molecule has 0 radical (unpaired) electrons. The monoisotopic (exact) mass is 408 g/mol. The van der Waals surface area contributed by atoms with Crippen LogP contribution < -0.4 is 5.32 Å². The summed E-state index contributed by atoms with van der Waals surface area (Å²) >= 11 is 1.56. The number of nitrogens with one attached hydrogen (secondary N) is 2. The summed E-state index contributed by atoms with van der Waals surface area (Å²) in [5.41, 5.74) is 7.06. The van der Waals surface area contributed by atoms with Crippen LogP contribution in [0.25, 0.3) is 11.3 Å². The van der Waals surface area contributed by atoms with Crippen LogP contribution in [0.1, 0.15) is 34.6 Å². The number of H-pyrrole nitrogens is 1. The highest BCUT2D eigenvalue weighted by Crippen LogP contribution is 2.24. The summed E-state index contributed by atoms with van der Waals surface area (Å²) in [5, 5.41) is 4.99. The van der Waals surface area contributed by atoms with E-state index in [1.165, 1.54) is 0 Å². The number of benzene rings is 1. The molecule has 1 fully saturated rings. The molecule has 150 valence electrons. The Balaban J connectivity index is 1.40. The standard InChI is InChI=1S/C22H24N4O2S/c1-14-10-15(2)24-20(14)22(28)26-9-3-4-17(11-26)21(27)25-18-7-5-16(6-8-18)19-12-29-13-23-19/h5-8,10,12-13,17,24H,3-4,9,11H2,1-2H3,(H,25,27). The highest BCUT2D eigenvalue weighted by molar-refractivity contribution is 7.07. The van der Waals surface area contributed by atoms with Gasteiger partial charge in [0, 0.05) is 35.4 Å². The molecule has 0 spiro atoms. The number of thiazole rings is 1. The maximum atomic E-state index is 12.9. The molecule has 1 aliphatic rings. The third kappa shape index (κ3) is 4.24. The third-order valence-corrected chi connectivity index (χ3v) is 5.91. The van der Waals surface area contributed by atoms with E-state index in [2.05, 4.69) is 15.3 Å². The number of anilines is 1. The summed E-state index contributed by atoms with van der Waals surface area (Å²) < 4.78 is 0. The van der Waals surface area contributed by atoms with Gasteiger partial charge in [-0.15, -0.1) is 11.3 Å². The van der Waals surface area contributed by atoms with E-state index in [-0.39, 0.29) is 17.7 Å². The Morgan fingerprint density at radius 2 is 2.03 bits per heavy atom. The quantitative estimate of drug-likeness (QED) is 0.678. The van der Waals surface area contributed by atoms with E-state index in [1.54, 1.807) is 21.7 Å². The molecule has 4 rings (SSSR count). The van der Waals surface area contributed by atoms with Crippen molar-refractivity contribution in [3.05, 3.63) is 58.2 Å². The summed E-state index contributed by atoms with van der Waals surface area (Å²) in [6, 6.07) is 9.67. The van der Waals surface area contributed by atoms with Crippen LogP contribution in [0.3, 0.4) is 0 Å². The van der Waals surface area contributed by atoms with Gasteiger partial charge in [-0.05, 0) is 50.5 Å². The molecule has 1 unspecified atom stereocenters. The van der Waals surface area contributed by atoms with Gasteiger partial charge in [0.2, 0.25) is 5.91 Å². The normalized spacial score (nSPS) is 16.6. The lowest BCUT2D eigenvalue weighted by molar-refractivity contribution is -0.121. The van der Waals surface area contributed by atoms with Gasteiger partial charge in [-0.2, -0.15) is 0 Å². The average Bonchev–Trinajstić information content (AvgIpc) is 3.38. The zero-order valence-corrected chi connectivity index (χ0v) is 17.4. The van der Waals surface area contributed by atoms with Crippen LogP contribution in [-0.2, 0) is 4.79 Å². The number of aryl methyl sites for hydroxylation is 2. The smallest absolute Gasteiger partial charge is 0.270 e. The molecule has 1 aliphatic heterocycles. The van der Waals surface area contributed by atoms with E-state index in [4.69, 9.17) is 0 Å². The molecule has 2 amide bonds. The molecule has 0 aliphatic carbocycles.